The van der Waals surface area contributed by atoms with Gasteiger partial charge in [-0.1, -0.05) is 18.2 Å². The van der Waals surface area contributed by atoms with Gasteiger partial charge in [-0.15, -0.1) is 11.3 Å². The number of anilines is 1. The van der Waals surface area contributed by atoms with Gasteiger partial charge < -0.3 is 0 Å². The number of benzene rings is 1. The predicted molar refractivity (Wildman–Crippen MR) is 81.4 cm³/mol. The van der Waals surface area contributed by atoms with Crippen LogP contribution in [-0.2, 0) is 16.4 Å². The molecular weight excluding hydrogens is 346 g/mol. The van der Waals surface area contributed by atoms with Gasteiger partial charge in [-0.2, -0.15) is 0 Å². The molecule has 3 nitrogen and oxygen atoms in total. The molecule has 0 spiro atoms. The molecule has 0 amide bonds. The number of nitrogens with zero attached hydrogens (tertiary/aromatic N) is 1. The first kappa shape index (κ1) is 13.1. The lowest BCUT2D eigenvalue weighted by Crippen LogP contribution is -2.29. The van der Waals surface area contributed by atoms with E-state index in [1.807, 2.05) is 31.2 Å². The molecule has 19 heavy (non-hydrogen) atoms. The molecule has 0 unspecified atom stereocenters. The summed E-state index contributed by atoms with van der Waals surface area (Å²) in [4.78, 5) is 1.22. The minimum Gasteiger partial charge on any atom is -0.266 e. The minimum absolute atomic E-state index is 0.404. The third-order valence-electron chi connectivity index (χ3n) is 3.25. The van der Waals surface area contributed by atoms with Crippen molar-refractivity contribution in [1.82, 2.24) is 0 Å². The largest absolute Gasteiger partial charge is 0.266 e. The summed E-state index contributed by atoms with van der Waals surface area (Å²) in [5.41, 5.74) is 1.90. The van der Waals surface area contributed by atoms with E-state index in [1.165, 1.54) is 15.6 Å². The van der Waals surface area contributed by atoms with Crippen LogP contribution in [0.25, 0.3) is 0 Å². The number of para-hydroxylation sites is 1. The van der Waals surface area contributed by atoms with Crippen LogP contribution in [0.1, 0.15) is 10.4 Å². The topological polar surface area (TPSA) is 37.4 Å². The van der Waals surface area contributed by atoms with Crippen molar-refractivity contribution >= 4 is 43.0 Å². The van der Waals surface area contributed by atoms with Crippen molar-refractivity contribution in [2.45, 2.75) is 18.2 Å². The molecule has 0 saturated carbocycles. The van der Waals surface area contributed by atoms with Crippen LogP contribution < -0.4 is 4.31 Å². The van der Waals surface area contributed by atoms with Crippen molar-refractivity contribution in [1.29, 1.82) is 0 Å². The number of fused-ring (bicyclic) bond motifs is 1. The van der Waals surface area contributed by atoms with Gasteiger partial charge in [0.2, 0.25) is 0 Å². The normalized spacial score (nSPS) is 14.7. The van der Waals surface area contributed by atoms with E-state index in [0.717, 1.165) is 26.3 Å². The van der Waals surface area contributed by atoms with E-state index in [0.29, 0.717) is 11.4 Å². The second kappa shape index (κ2) is 4.61. The second-order valence-electron chi connectivity index (χ2n) is 4.43. The molecule has 1 aliphatic rings. The van der Waals surface area contributed by atoms with Crippen LogP contribution in [0.15, 0.2) is 39.0 Å². The van der Waals surface area contributed by atoms with Crippen molar-refractivity contribution in [2.24, 2.45) is 0 Å². The molecule has 6 heteroatoms. The Morgan fingerprint density at radius 2 is 2.05 bits per heavy atom. The Balaban J connectivity index is 2.11. The number of halogens is 1. The number of sulfonamides is 1. The zero-order chi connectivity index (χ0) is 13.6. The molecule has 2 aromatic rings. The lowest BCUT2D eigenvalue weighted by Gasteiger charge is -2.19. The van der Waals surface area contributed by atoms with Gasteiger partial charge in [0, 0.05) is 11.4 Å². The van der Waals surface area contributed by atoms with Crippen LogP contribution in [0, 0.1) is 6.92 Å². The third-order valence-corrected chi connectivity index (χ3v) is 6.88. The van der Waals surface area contributed by atoms with Crippen LogP contribution in [-0.4, -0.2) is 15.0 Å². The number of hydrogen-bond donors (Lipinski definition) is 0. The first-order chi connectivity index (χ1) is 9.00. The number of thiophene rings is 1. The molecule has 0 fully saturated rings. The third kappa shape index (κ3) is 2.11. The highest BCUT2D eigenvalue weighted by Gasteiger charge is 2.32. The van der Waals surface area contributed by atoms with E-state index in [1.54, 1.807) is 6.07 Å². The van der Waals surface area contributed by atoms with Gasteiger partial charge in [0.05, 0.1) is 9.47 Å². The molecule has 0 aliphatic carbocycles. The Kier molecular flexibility index (Phi) is 3.19. The van der Waals surface area contributed by atoms with E-state index >= 15 is 0 Å². The first-order valence-electron chi connectivity index (χ1n) is 5.87. The Bertz CT molecular complexity index is 737. The number of rotatable bonds is 2. The average molecular weight is 358 g/mol. The predicted octanol–water partition coefficient (Wildman–Crippen LogP) is 3.57. The summed E-state index contributed by atoms with van der Waals surface area (Å²) in [6, 6.07) is 9.37. The fourth-order valence-electron chi connectivity index (χ4n) is 2.36. The molecule has 0 radical (unpaired) electrons. The van der Waals surface area contributed by atoms with Gasteiger partial charge in [0.1, 0.15) is 4.90 Å². The summed E-state index contributed by atoms with van der Waals surface area (Å²) in [5.74, 6) is 0. The van der Waals surface area contributed by atoms with Crippen LogP contribution in [0.5, 0.6) is 0 Å². The maximum atomic E-state index is 12.7. The lowest BCUT2D eigenvalue weighted by molar-refractivity contribution is 0.592. The van der Waals surface area contributed by atoms with Crippen molar-refractivity contribution in [3.05, 3.63) is 44.6 Å². The highest BCUT2D eigenvalue weighted by atomic mass is 79.9. The summed E-state index contributed by atoms with van der Waals surface area (Å²) in [6.07, 6.45) is 0.778. The number of hydrogen-bond acceptors (Lipinski definition) is 3. The molecule has 3 rings (SSSR count). The Hall–Kier alpha value is -0.850. The number of aryl methyl sites for hydroxylation is 1. The molecule has 1 aromatic heterocycles. The first-order valence-corrected chi connectivity index (χ1v) is 8.91. The van der Waals surface area contributed by atoms with Crippen LogP contribution in [0.4, 0.5) is 5.69 Å². The lowest BCUT2D eigenvalue weighted by atomic mass is 10.2. The van der Waals surface area contributed by atoms with Crippen molar-refractivity contribution in [2.75, 3.05) is 10.8 Å². The fraction of sp³-hybridized carbons (Fsp3) is 0.231. The Labute approximate surface area is 125 Å². The molecule has 1 aromatic carbocycles. The van der Waals surface area contributed by atoms with Crippen LogP contribution in [0.3, 0.4) is 0 Å². The summed E-state index contributed by atoms with van der Waals surface area (Å²) in [6.45, 7) is 2.36. The average Bonchev–Trinajstić information content (AvgIpc) is 2.93. The monoisotopic (exact) mass is 357 g/mol. The van der Waals surface area contributed by atoms with Crippen molar-refractivity contribution in [3.8, 4) is 0 Å². The van der Waals surface area contributed by atoms with Gasteiger partial charge in [-0.05, 0) is 47.0 Å². The molecule has 100 valence electrons. The van der Waals surface area contributed by atoms with Gasteiger partial charge in [0.15, 0.2) is 0 Å². The molecule has 2 heterocycles. The molecule has 0 bridgehead atoms. The van der Waals surface area contributed by atoms with Gasteiger partial charge in [-0.25, -0.2) is 8.42 Å². The Morgan fingerprint density at radius 3 is 2.74 bits per heavy atom. The fourth-order valence-corrected chi connectivity index (χ4v) is 6.25. The molecule has 1 aliphatic heterocycles. The molecule has 0 atom stereocenters. The summed E-state index contributed by atoms with van der Waals surface area (Å²) < 4.78 is 27.8. The standard InChI is InChI=1S/C13H12BrNO2S2/c1-9-12(8-13(14)18-9)19(16,17)15-7-6-10-4-2-3-5-11(10)15/h2-5,8H,6-7H2,1H3. The molecule has 0 N–H and O–H groups in total. The quantitative estimate of drug-likeness (QED) is 0.823. The van der Waals surface area contributed by atoms with Crippen LogP contribution in [0.2, 0.25) is 0 Å². The Morgan fingerprint density at radius 1 is 1.32 bits per heavy atom. The van der Waals surface area contributed by atoms with Gasteiger partial charge >= 0.3 is 0 Å². The summed E-state index contributed by atoms with van der Waals surface area (Å²) >= 11 is 4.80. The van der Waals surface area contributed by atoms with Crippen LogP contribution >= 0.6 is 27.3 Å². The maximum Gasteiger partial charge on any atom is 0.265 e. The van der Waals surface area contributed by atoms with E-state index < -0.39 is 10.0 Å². The van der Waals surface area contributed by atoms with Crippen molar-refractivity contribution in [3.63, 3.8) is 0 Å². The zero-order valence-corrected chi connectivity index (χ0v) is 13.5. The van der Waals surface area contributed by atoms with Crippen molar-refractivity contribution < 1.29 is 8.42 Å². The van der Waals surface area contributed by atoms with E-state index in [4.69, 9.17) is 0 Å². The summed E-state index contributed by atoms with van der Waals surface area (Å²) in [5, 5.41) is 0. The van der Waals surface area contributed by atoms with E-state index in [-0.39, 0.29) is 0 Å². The maximum absolute atomic E-state index is 12.7. The molecule has 0 saturated heterocycles. The smallest absolute Gasteiger partial charge is 0.265 e. The second-order valence-corrected chi connectivity index (χ2v) is 8.89. The molecular formula is C13H12BrNO2S2. The van der Waals surface area contributed by atoms with E-state index in [2.05, 4.69) is 15.9 Å². The van der Waals surface area contributed by atoms with Gasteiger partial charge in [0.25, 0.3) is 10.0 Å². The highest BCUT2D eigenvalue weighted by molar-refractivity contribution is 9.11. The highest BCUT2D eigenvalue weighted by Crippen LogP contribution is 2.36. The SMILES string of the molecule is Cc1sc(Br)cc1S(=O)(=O)N1CCc2ccccc21. The van der Waals surface area contributed by atoms with E-state index in [9.17, 15) is 8.42 Å². The summed E-state index contributed by atoms with van der Waals surface area (Å²) in [7, 11) is -3.45. The zero-order valence-electron chi connectivity index (χ0n) is 10.3. The minimum atomic E-state index is -3.45. The van der Waals surface area contributed by atoms with Gasteiger partial charge in [-0.3, -0.25) is 4.31 Å².